The van der Waals surface area contributed by atoms with E-state index in [4.69, 9.17) is 9.97 Å². The van der Waals surface area contributed by atoms with Crippen LogP contribution in [0.25, 0.3) is 10.2 Å². The number of thiophene rings is 1. The smallest absolute Gasteiger partial charge is 0.243 e. The van der Waals surface area contributed by atoms with E-state index < -0.39 is 15.8 Å². The summed E-state index contributed by atoms with van der Waals surface area (Å²) < 4.78 is 41.1. The molecule has 0 spiro atoms. The van der Waals surface area contributed by atoms with E-state index in [1.807, 2.05) is 18.2 Å². The van der Waals surface area contributed by atoms with Crippen LogP contribution in [0.2, 0.25) is 0 Å². The van der Waals surface area contributed by atoms with Crippen LogP contribution in [-0.2, 0) is 29.3 Å². The van der Waals surface area contributed by atoms with Gasteiger partial charge < -0.3 is 4.90 Å². The minimum Gasteiger partial charge on any atom is -0.353 e. The molecule has 6 rings (SSSR count). The first-order valence-corrected chi connectivity index (χ1v) is 15.0. The molecular weight excluding hydrogens is 507 g/mol. The van der Waals surface area contributed by atoms with Crippen molar-refractivity contribution in [3.8, 4) is 0 Å². The zero-order valence-corrected chi connectivity index (χ0v) is 22.4. The first kappa shape index (κ1) is 24.5. The van der Waals surface area contributed by atoms with Crippen molar-refractivity contribution in [2.75, 3.05) is 31.1 Å². The number of rotatable bonds is 5. The summed E-state index contributed by atoms with van der Waals surface area (Å²) in [6.07, 6.45) is 3.92. The molecule has 3 heterocycles. The van der Waals surface area contributed by atoms with Gasteiger partial charge in [0.2, 0.25) is 10.0 Å². The fraction of sp³-hybridized carbons (Fsp3) is 0.357. The van der Waals surface area contributed by atoms with Crippen LogP contribution in [0.5, 0.6) is 0 Å². The summed E-state index contributed by atoms with van der Waals surface area (Å²) in [6, 6.07) is 15.3. The van der Waals surface area contributed by atoms with Gasteiger partial charge in [0, 0.05) is 37.5 Å². The van der Waals surface area contributed by atoms with Gasteiger partial charge in [-0.05, 0) is 60.6 Å². The van der Waals surface area contributed by atoms with E-state index >= 15 is 0 Å². The molecular formula is C28H29FN4O2S2. The Morgan fingerprint density at radius 1 is 1.00 bits per heavy atom. The van der Waals surface area contributed by atoms with Crippen molar-refractivity contribution in [1.82, 2.24) is 14.3 Å². The van der Waals surface area contributed by atoms with Crippen LogP contribution in [0.3, 0.4) is 0 Å². The first-order valence-electron chi connectivity index (χ1n) is 12.7. The number of benzene rings is 2. The maximum atomic E-state index is 13.3. The van der Waals surface area contributed by atoms with Gasteiger partial charge in [-0.1, -0.05) is 37.3 Å². The van der Waals surface area contributed by atoms with Crippen molar-refractivity contribution >= 4 is 37.4 Å². The molecule has 1 saturated heterocycles. The van der Waals surface area contributed by atoms with Crippen molar-refractivity contribution < 1.29 is 12.8 Å². The Hall–Kier alpha value is -2.88. The number of hydrogen-bond acceptors (Lipinski definition) is 6. The number of fused-ring (bicyclic) bond motifs is 3. The molecule has 0 saturated carbocycles. The quantitative estimate of drug-likeness (QED) is 0.357. The third-order valence-electron chi connectivity index (χ3n) is 7.38. The Labute approximate surface area is 220 Å². The molecule has 0 bridgehead atoms. The highest BCUT2D eigenvalue weighted by Gasteiger charge is 2.31. The Morgan fingerprint density at radius 2 is 1.73 bits per heavy atom. The first-order chi connectivity index (χ1) is 17.9. The molecule has 1 aliphatic heterocycles. The van der Waals surface area contributed by atoms with Gasteiger partial charge in [0.1, 0.15) is 22.3 Å². The highest BCUT2D eigenvalue weighted by molar-refractivity contribution is 7.89. The summed E-state index contributed by atoms with van der Waals surface area (Å²) in [4.78, 5) is 14.9. The van der Waals surface area contributed by atoms with Crippen molar-refractivity contribution in [2.24, 2.45) is 5.92 Å². The van der Waals surface area contributed by atoms with Crippen LogP contribution in [0.15, 0.2) is 59.5 Å². The van der Waals surface area contributed by atoms with Crippen molar-refractivity contribution in [2.45, 2.75) is 37.5 Å². The van der Waals surface area contributed by atoms with Crippen LogP contribution in [0.1, 0.15) is 35.2 Å². The maximum absolute atomic E-state index is 13.3. The Balaban J connectivity index is 1.33. The van der Waals surface area contributed by atoms with Crippen molar-refractivity contribution in [3.63, 3.8) is 0 Å². The largest absolute Gasteiger partial charge is 0.353 e. The second kappa shape index (κ2) is 9.78. The van der Waals surface area contributed by atoms with Crippen LogP contribution in [0, 0.1) is 11.7 Å². The highest BCUT2D eigenvalue weighted by Crippen LogP contribution is 2.41. The van der Waals surface area contributed by atoms with E-state index in [-0.39, 0.29) is 4.90 Å². The SMILES string of the molecule is CC1CCc2c(sc3nc(Cc4ccccc4)nc(N4CCN(S(=O)(=O)c5ccc(F)cc5)CC4)c23)C1. The zero-order valence-electron chi connectivity index (χ0n) is 20.7. The number of sulfonamides is 1. The third-order valence-corrected chi connectivity index (χ3v) is 10.4. The minimum absolute atomic E-state index is 0.123. The van der Waals surface area contributed by atoms with Crippen molar-refractivity contribution in [3.05, 3.63) is 82.2 Å². The molecule has 6 nitrogen and oxygen atoms in total. The van der Waals surface area contributed by atoms with Gasteiger partial charge >= 0.3 is 0 Å². The van der Waals surface area contributed by atoms with E-state index in [2.05, 4.69) is 24.0 Å². The molecule has 4 aromatic rings. The lowest BCUT2D eigenvalue weighted by Crippen LogP contribution is -2.49. The summed E-state index contributed by atoms with van der Waals surface area (Å²) in [5.74, 6) is 1.95. The highest BCUT2D eigenvalue weighted by atomic mass is 32.2. The molecule has 9 heteroatoms. The lowest BCUT2D eigenvalue weighted by atomic mass is 9.89. The van der Waals surface area contributed by atoms with Gasteiger partial charge in [-0.25, -0.2) is 22.8 Å². The van der Waals surface area contributed by atoms with Crippen molar-refractivity contribution in [1.29, 1.82) is 0 Å². The van der Waals surface area contributed by atoms with E-state index in [0.717, 1.165) is 46.7 Å². The van der Waals surface area contributed by atoms with Gasteiger partial charge in [0.25, 0.3) is 0 Å². The Bertz CT molecular complexity index is 1530. The van der Waals surface area contributed by atoms with Crippen LogP contribution in [-0.4, -0.2) is 48.9 Å². The maximum Gasteiger partial charge on any atom is 0.243 e. The van der Waals surface area contributed by atoms with Crippen LogP contribution in [0.4, 0.5) is 10.2 Å². The average molecular weight is 537 g/mol. The number of aryl methyl sites for hydroxylation is 1. The van der Waals surface area contributed by atoms with Crippen LogP contribution < -0.4 is 4.90 Å². The molecule has 2 aliphatic rings. The van der Waals surface area contributed by atoms with Gasteiger partial charge in [0.05, 0.1) is 10.3 Å². The fourth-order valence-electron chi connectivity index (χ4n) is 5.35. The number of anilines is 1. The topological polar surface area (TPSA) is 66.4 Å². The lowest BCUT2D eigenvalue weighted by molar-refractivity contribution is 0.384. The monoisotopic (exact) mass is 536 g/mol. The summed E-state index contributed by atoms with van der Waals surface area (Å²) in [5.41, 5.74) is 2.54. The second-order valence-electron chi connectivity index (χ2n) is 10.0. The minimum atomic E-state index is -3.68. The number of piperazine rings is 1. The molecule has 1 fully saturated rings. The Kier molecular flexibility index (Phi) is 6.46. The fourth-order valence-corrected chi connectivity index (χ4v) is 8.17. The van der Waals surface area contributed by atoms with Gasteiger partial charge in [-0.15, -0.1) is 11.3 Å². The lowest BCUT2D eigenvalue weighted by Gasteiger charge is -2.35. The van der Waals surface area contributed by atoms with Crippen LogP contribution >= 0.6 is 11.3 Å². The molecule has 0 radical (unpaired) electrons. The molecule has 2 aromatic carbocycles. The third kappa shape index (κ3) is 4.76. The molecule has 1 atom stereocenters. The van der Waals surface area contributed by atoms with E-state index in [9.17, 15) is 12.8 Å². The molecule has 192 valence electrons. The molecule has 2 aromatic heterocycles. The van der Waals surface area contributed by atoms with Gasteiger partial charge in [0.15, 0.2) is 0 Å². The number of halogens is 1. The molecule has 1 unspecified atom stereocenters. The molecule has 0 N–H and O–H groups in total. The average Bonchev–Trinajstić information content (AvgIpc) is 3.26. The predicted octanol–water partition coefficient (Wildman–Crippen LogP) is 5.06. The van der Waals surface area contributed by atoms with E-state index in [0.29, 0.717) is 38.5 Å². The summed E-state index contributed by atoms with van der Waals surface area (Å²) in [7, 11) is -3.68. The number of hydrogen-bond donors (Lipinski definition) is 0. The van der Waals surface area contributed by atoms with Gasteiger partial charge in [-0.3, -0.25) is 0 Å². The summed E-state index contributed by atoms with van der Waals surface area (Å²) in [5, 5.41) is 1.15. The van der Waals surface area contributed by atoms with Gasteiger partial charge in [-0.2, -0.15) is 4.31 Å². The number of aromatic nitrogens is 2. The molecule has 37 heavy (non-hydrogen) atoms. The summed E-state index contributed by atoms with van der Waals surface area (Å²) in [6.45, 7) is 4.09. The second-order valence-corrected chi connectivity index (χ2v) is 13.0. The Morgan fingerprint density at radius 3 is 2.46 bits per heavy atom. The zero-order chi connectivity index (χ0) is 25.6. The van der Waals surface area contributed by atoms with E-state index in [1.165, 1.54) is 39.0 Å². The standard InChI is InChI=1S/C28H29FN4O2S2/c1-19-7-12-23-24(17-19)36-28-26(23)27(30-25(31-28)18-20-5-3-2-4-6-20)32-13-15-33(16-14-32)37(34,35)22-10-8-21(29)9-11-22/h2-6,8-11,19H,7,12-18H2,1H3. The van der Waals surface area contributed by atoms with E-state index in [1.54, 1.807) is 11.3 Å². The normalized spacial score (nSPS) is 18.8. The molecule has 0 amide bonds. The predicted molar refractivity (Wildman–Crippen MR) is 145 cm³/mol. The number of nitrogens with zero attached hydrogens (tertiary/aromatic N) is 4. The molecule has 1 aliphatic carbocycles. The summed E-state index contributed by atoms with van der Waals surface area (Å²) >= 11 is 1.79.